The average molecular weight is 408 g/mol. The Morgan fingerprint density at radius 2 is 1.67 bits per heavy atom. The van der Waals surface area contributed by atoms with Gasteiger partial charge in [0.05, 0.1) is 5.92 Å². The van der Waals surface area contributed by atoms with E-state index in [2.05, 4.69) is 5.32 Å². The van der Waals surface area contributed by atoms with Gasteiger partial charge in [0.2, 0.25) is 5.91 Å². The highest BCUT2D eigenvalue weighted by Crippen LogP contribution is 2.21. The predicted molar refractivity (Wildman–Crippen MR) is 116 cm³/mol. The van der Waals surface area contributed by atoms with Crippen molar-refractivity contribution in [3.63, 3.8) is 0 Å². The molecular weight excluding hydrogens is 378 g/mol. The van der Waals surface area contributed by atoms with Crippen molar-refractivity contribution in [1.82, 2.24) is 15.1 Å². The van der Waals surface area contributed by atoms with Crippen molar-refractivity contribution >= 4 is 17.7 Å². The van der Waals surface area contributed by atoms with E-state index < -0.39 is 0 Å². The summed E-state index contributed by atoms with van der Waals surface area (Å²) in [5, 5.41) is 2.59. The summed E-state index contributed by atoms with van der Waals surface area (Å²) in [6.07, 6.45) is 1.61. The lowest BCUT2D eigenvalue weighted by molar-refractivity contribution is -0.136. The lowest BCUT2D eigenvalue weighted by Gasteiger charge is -2.34. The second kappa shape index (κ2) is 9.57. The smallest absolute Gasteiger partial charge is 0.253 e. The Bertz CT molecular complexity index is 906. The predicted octanol–water partition coefficient (Wildman–Crippen LogP) is 2.87. The molecule has 0 radical (unpaired) electrons. The fourth-order valence-corrected chi connectivity index (χ4v) is 3.81. The molecule has 1 aliphatic heterocycles. The lowest BCUT2D eigenvalue weighted by Crippen LogP contribution is -2.45. The Morgan fingerprint density at radius 1 is 1.03 bits per heavy atom. The van der Waals surface area contributed by atoms with Gasteiger partial charge in [0, 0.05) is 44.9 Å². The van der Waals surface area contributed by atoms with Crippen LogP contribution in [-0.4, -0.2) is 54.7 Å². The number of rotatable bonds is 5. The van der Waals surface area contributed by atoms with Crippen molar-refractivity contribution in [1.29, 1.82) is 0 Å². The van der Waals surface area contributed by atoms with Crippen LogP contribution in [-0.2, 0) is 11.3 Å². The number of carbonyl (C=O) groups excluding carboxylic acids is 3. The van der Waals surface area contributed by atoms with Crippen LogP contribution in [0.5, 0.6) is 0 Å². The number of hydrogen-bond acceptors (Lipinski definition) is 3. The van der Waals surface area contributed by atoms with Crippen molar-refractivity contribution < 1.29 is 14.4 Å². The molecule has 1 atom stereocenters. The quantitative estimate of drug-likeness (QED) is 0.829. The highest BCUT2D eigenvalue weighted by molar-refractivity contribution is 5.95. The van der Waals surface area contributed by atoms with Crippen LogP contribution in [0.3, 0.4) is 0 Å². The van der Waals surface area contributed by atoms with Crippen molar-refractivity contribution in [3.8, 4) is 0 Å². The van der Waals surface area contributed by atoms with Crippen LogP contribution in [0.4, 0.5) is 0 Å². The number of nitrogens with zero attached hydrogens (tertiary/aromatic N) is 2. The molecule has 1 fully saturated rings. The molecule has 6 nitrogen and oxygen atoms in total. The van der Waals surface area contributed by atoms with E-state index in [1.807, 2.05) is 43.3 Å². The van der Waals surface area contributed by atoms with E-state index in [1.54, 1.807) is 36.0 Å². The molecule has 1 unspecified atom stereocenters. The van der Waals surface area contributed by atoms with E-state index >= 15 is 0 Å². The van der Waals surface area contributed by atoms with Crippen LogP contribution in [0.15, 0.2) is 48.5 Å². The SMILES string of the molecule is CNC(=O)c1ccc(CN(C)C(=O)C2CCCN(C(=O)c3ccc(C)cc3)C2)cc1. The summed E-state index contributed by atoms with van der Waals surface area (Å²) in [5.41, 5.74) is 3.33. The third-order valence-corrected chi connectivity index (χ3v) is 5.60. The first-order valence-corrected chi connectivity index (χ1v) is 10.3. The Kier molecular flexibility index (Phi) is 6.87. The average Bonchev–Trinajstić information content (AvgIpc) is 2.78. The lowest BCUT2D eigenvalue weighted by atomic mass is 9.95. The van der Waals surface area contributed by atoms with E-state index in [4.69, 9.17) is 0 Å². The van der Waals surface area contributed by atoms with Gasteiger partial charge in [0.15, 0.2) is 0 Å². The van der Waals surface area contributed by atoms with Crippen LogP contribution in [0.2, 0.25) is 0 Å². The second-order valence-corrected chi connectivity index (χ2v) is 7.93. The summed E-state index contributed by atoms with van der Waals surface area (Å²) in [5.74, 6) is -0.290. The van der Waals surface area contributed by atoms with Gasteiger partial charge in [-0.1, -0.05) is 29.8 Å². The van der Waals surface area contributed by atoms with Gasteiger partial charge in [-0.15, -0.1) is 0 Å². The number of piperidine rings is 1. The number of likely N-dealkylation sites (tertiary alicyclic amines) is 1. The van der Waals surface area contributed by atoms with Crippen LogP contribution in [0.1, 0.15) is 44.7 Å². The number of hydrogen-bond donors (Lipinski definition) is 1. The highest BCUT2D eigenvalue weighted by Gasteiger charge is 2.30. The van der Waals surface area contributed by atoms with E-state index in [9.17, 15) is 14.4 Å². The standard InChI is InChI=1S/C24H29N3O3/c1-17-6-10-20(11-7-17)24(30)27-14-4-5-21(16-27)23(29)26(3)15-18-8-12-19(13-9-18)22(28)25-2/h6-13,21H,4-5,14-16H2,1-3H3,(H,25,28). The van der Waals surface area contributed by atoms with Gasteiger partial charge in [-0.3, -0.25) is 14.4 Å². The number of benzene rings is 2. The number of carbonyl (C=O) groups is 3. The van der Waals surface area contributed by atoms with Gasteiger partial charge in [-0.2, -0.15) is 0 Å². The number of aryl methyl sites for hydroxylation is 1. The summed E-state index contributed by atoms with van der Waals surface area (Å²) < 4.78 is 0. The summed E-state index contributed by atoms with van der Waals surface area (Å²) in [4.78, 5) is 41.0. The minimum Gasteiger partial charge on any atom is -0.355 e. The monoisotopic (exact) mass is 407 g/mol. The van der Waals surface area contributed by atoms with Crippen LogP contribution in [0, 0.1) is 12.8 Å². The van der Waals surface area contributed by atoms with Gasteiger partial charge < -0.3 is 15.1 Å². The molecule has 0 aliphatic carbocycles. The van der Waals surface area contributed by atoms with Crippen molar-refractivity contribution in [2.24, 2.45) is 5.92 Å². The molecule has 0 aromatic heterocycles. The van der Waals surface area contributed by atoms with E-state index in [-0.39, 0.29) is 23.6 Å². The molecule has 2 aromatic rings. The molecule has 0 bridgehead atoms. The first kappa shape index (κ1) is 21.6. The molecule has 6 heteroatoms. The van der Waals surface area contributed by atoms with Crippen LogP contribution in [0.25, 0.3) is 0 Å². The maximum Gasteiger partial charge on any atom is 0.253 e. The zero-order valence-corrected chi connectivity index (χ0v) is 17.9. The Balaban J connectivity index is 1.60. The maximum absolute atomic E-state index is 13.0. The summed E-state index contributed by atoms with van der Waals surface area (Å²) in [7, 11) is 3.38. The van der Waals surface area contributed by atoms with Gasteiger partial charge in [0.1, 0.15) is 0 Å². The summed E-state index contributed by atoms with van der Waals surface area (Å²) in [6, 6.07) is 14.8. The van der Waals surface area contributed by atoms with E-state index in [0.29, 0.717) is 30.8 Å². The van der Waals surface area contributed by atoms with Gasteiger partial charge in [-0.05, 0) is 49.6 Å². The third-order valence-electron chi connectivity index (χ3n) is 5.60. The Morgan fingerprint density at radius 3 is 2.30 bits per heavy atom. The fourth-order valence-electron chi connectivity index (χ4n) is 3.81. The molecule has 1 aliphatic rings. The van der Waals surface area contributed by atoms with Crippen molar-refractivity contribution in [2.45, 2.75) is 26.3 Å². The van der Waals surface area contributed by atoms with Crippen molar-refractivity contribution in [2.75, 3.05) is 27.2 Å². The molecule has 1 saturated heterocycles. The first-order chi connectivity index (χ1) is 14.4. The van der Waals surface area contributed by atoms with Crippen molar-refractivity contribution in [3.05, 3.63) is 70.8 Å². The molecule has 30 heavy (non-hydrogen) atoms. The van der Waals surface area contributed by atoms with Gasteiger partial charge in [0.25, 0.3) is 11.8 Å². The maximum atomic E-state index is 13.0. The Hall–Kier alpha value is -3.15. The molecule has 1 N–H and O–H groups in total. The topological polar surface area (TPSA) is 69.7 Å². The Labute approximate surface area is 177 Å². The van der Waals surface area contributed by atoms with E-state index in [1.165, 1.54) is 0 Å². The summed E-state index contributed by atoms with van der Waals surface area (Å²) >= 11 is 0. The molecule has 3 rings (SSSR count). The van der Waals surface area contributed by atoms with Gasteiger partial charge in [-0.25, -0.2) is 0 Å². The molecular formula is C24H29N3O3. The molecule has 3 amide bonds. The molecule has 0 spiro atoms. The summed E-state index contributed by atoms with van der Waals surface area (Å²) in [6.45, 7) is 3.59. The molecule has 158 valence electrons. The number of nitrogens with one attached hydrogen (secondary N) is 1. The zero-order chi connectivity index (χ0) is 21.7. The van der Waals surface area contributed by atoms with Crippen LogP contribution >= 0.6 is 0 Å². The molecule has 1 heterocycles. The molecule has 0 saturated carbocycles. The first-order valence-electron chi connectivity index (χ1n) is 10.3. The number of amides is 3. The second-order valence-electron chi connectivity index (χ2n) is 7.93. The normalized spacial score (nSPS) is 16.1. The highest BCUT2D eigenvalue weighted by atomic mass is 16.2. The van der Waals surface area contributed by atoms with E-state index in [0.717, 1.165) is 24.0 Å². The fraction of sp³-hybridized carbons (Fsp3) is 0.375. The molecule has 2 aromatic carbocycles. The largest absolute Gasteiger partial charge is 0.355 e. The minimum absolute atomic E-state index is 0.0139. The van der Waals surface area contributed by atoms with Gasteiger partial charge >= 0.3 is 0 Å². The van der Waals surface area contributed by atoms with Crippen LogP contribution < -0.4 is 5.32 Å². The third kappa shape index (κ3) is 5.06. The zero-order valence-electron chi connectivity index (χ0n) is 17.9. The minimum atomic E-state index is -0.191.